The first-order chi connectivity index (χ1) is 8.13. The van der Waals surface area contributed by atoms with Gasteiger partial charge in [-0.2, -0.15) is 5.10 Å². The SMILES string of the molecule is Cc1nn(C)c(Cl)c1CC(NN)c1cccs1. The monoisotopic (exact) mass is 270 g/mol. The highest BCUT2D eigenvalue weighted by atomic mass is 35.5. The highest BCUT2D eigenvalue weighted by molar-refractivity contribution is 7.10. The Morgan fingerprint density at radius 1 is 1.65 bits per heavy atom. The molecule has 0 saturated heterocycles. The highest BCUT2D eigenvalue weighted by Crippen LogP contribution is 2.27. The summed E-state index contributed by atoms with van der Waals surface area (Å²) in [6, 6.07) is 4.16. The molecule has 1 unspecified atom stereocenters. The molecule has 2 rings (SSSR count). The minimum Gasteiger partial charge on any atom is -0.271 e. The summed E-state index contributed by atoms with van der Waals surface area (Å²) >= 11 is 7.89. The van der Waals surface area contributed by atoms with Crippen molar-refractivity contribution in [3.05, 3.63) is 38.8 Å². The highest BCUT2D eigenvalue weighted by Gasteiger charge is 2.18. The summed E-state index contributed by atoms with van der Waals surface area (Å²) in [5.41, 5.74) is 4.83. The fourth-order valence-corrected chi connectivity index (χ4v) is 2.88. The third-order valence-corrected chi connectivity index (χ3v) is 4.22. The quantitative estimate of drug-likeness (QED) is 0.661. The van der Waals surface area contributed by atoms with Crippen molar-refractivity contribution < 1.29 is 0 Å². The molecule has 2 heterocycles. The van der Waals surface area contributed by atoms with Crippen molar-refractivity contribution in [2.45, 2.75) is 19.4 Å². The van der Waals surface area contributed by atoms with E-state index in [4.69, 9.17) is 17.4 Å². The molecule has 17 heavy (non-hydrogen) atoms. The van der Waals surface area contributed by atoms with Crippen LogP contribution < -0.4 is 11.3 Å². The molecule has 0 amide bonds. The molecule has 1 atom stereocenters. The predicted molar refractivity (Wildman–Crippen MR) is 71.0 cm³/mol. The van der Waals surface area contributed by atoms with Gasteiger partial charge in [0.25, 0.3) is 0 Å². The van der Waals surface area contributed by atoms with E-state index in [2.05, 4.69) is 16.6 Å². The van der Waals surface area contributed by atoms with Gasteiger partial charge in [-0.3, -0.25) is 16.0 Å². The van der Waals surface area contributed by atoms with Gasteiger partial charge in [-0.1, -0.05) is 17.7 Å². The molecule has 92 valence electrons. The van der Waals surface area contributed by atoms with Gasteiger partial charge in [-0.15, -0.1) is 11.3 Å². The molecule has 2 aromatic rings. The Balaban J connectivity index is 2.24. The second kappa shape index (κ2) is 5.18. The zero-order chi connectivity index (χ0) is 12.4. The molecule has 0 fully saturated rings. The average Bonchev–Trinajstić information content (AvgIpc) is 2.89. The lowest BCUT2D eigenvalue weighted by molar-refractivity contribution is 0.559. The molecule has 0 saturated carbocycles. The zero-order valence-electron chi connectivity index (χ0n) is 9.77. The van der Waals surface area contributed by atoms with E-state index in [0.717, 1.165) is 17.7 Å². The van der Waals surface area contributed by atoms with Crippen LogP contribution in [0.5, 0.6) is 0 Å². The van der Waals surface area contributed by atoms with E-state index in [1.165, 1.54) is 4.88 Å². The van der Waals surface area contributed by atoms with Crippen molar-refractivity contribution in [1.29, 1.82) is 0 Å². The molecule has 6 heteroatoms. The van der Waals surface area contributed by atoms with Crippen LogP contribution >= 0.6 is 22.9 Å². The third kappa shape index (κ3) is 2.52. The number of nitrogens with two attached hydrogens (primary N) is 1. The second-order valence-electron chi connectivity index (χ2n) is 3.92. The summed E-state index contributed by atoms with van der Waals surface area (Å²) in [4.78, 5) is 1.20. The van der Waals surface area contributed by atoms with Gasteiger partial charge in [0.1, 0.15) is 5.15 Å². The number of aryl methyl sites for hydroxylation is 2. The number of rotatable bonds is 4. The molecule has 3 N–H and O–H groups in total. The van der Waals surface area contributed by atoms with Crippen molar-refractivity contribution >= 4 is 22.9 Å². The van der Waals surface area contributed by atoms with Crippen LogP contribution in [0.15, 0.2) is 17.5 Å². The molecule has 0 aromatic carbocycles. The summed E-state index contributed by atoms with van der Waals surface area (Å²) in [5.74, 6) is 5.61. The number of hydrazine groups is 1. The van der Waals surface area contributed by atoms with Gasteiger partial charge >= 0.3 is 0 Å². The summed E-state index contributed by atoms with van der Waals surface area (Å²) in [6.45, 7) is 1.96. The summed E-state index contributed by atoms with van der Waals surface area (Å²) < 4.78 is 1.69. The van der Waals surface area contributed by atoms with Gasteiger partial charge < -0.3 is 0 Å². The molecule has 0 aliphatic heterocycles. The molecular formula is C11H15ClN4S. The van der Waals surface area contributed by atoms with Crippen LogP contribution in [-0.2, 0) is 13.5 Å². The summed E-state index contributed by atoms with van der Waals surface area (Å²) in [7, 11) is 1.84. The van der Waals surface area contributed by atoms with Gasteiger partial charge in [-0.25, -0.2) is 0 Å². The number of aromatic nitrogens is 2. The van der Waals surface area contributed by atoms with Crippen molar-refractivity contribution in [2.24, 2.45) is 12.9 Å². The first kappa shape index (κ1) is 12.6. The maximum Gasteiger partial charge on any atom is 0.130 e. The number of thiophene rings is 1. The van der Waals surface area contributed by atoms with Crippen LogP contribution in [0.3, 0.4) is 0 Å². The van der Waals surface area contributed by atoms with Gasteiger partial charge in [-0.05, 0) is 24.8 Å². The van der Waals surface area contributed by atoms with Crippen LogP contribution in [0.2, 0.25) is 5.15 Å². The van der Waals surface area contributed by atoms with Gasteiger partial charge in [0.2, 0.25) is 0 Å². The maximum atomic E-state index is 6.21. The first-order valence-electron chi connectivity index (χ1n) is 5.31. The van der Waals surface area contributed by atoms with Crippen LogP contribution in [0.1, 0.15) is 22.2 Å². The van der Waals surface area contributed by atoms with Crippen molar-refractivity contribution in [3.63, 3.8) is 0 Å². The molecule has 0 bridgehead atoms. The minimum absolute atomic E-state index is 0.0791. The minimum atomic E-state index is 0.0791. The van der Waals surface area contributed by atoms with Gasteiger partial charge in [0.05, 0.1) is 11.7 Å². The number of hydrogen-bond donors (Lipinski definition) is 2. The van der Waals surface area contributed by atoms with E-state index in [-0.39, 0.29) is 6.04 Å². The molecule has 0 aliphatic rings. The lowest BCUT2D eigenvalue weighted by Gasteiger charge is -2.13. The Morgan fingerprint density at radius 3 is 2.88 bits per heavy atom. The van der Waals surface area contributed by atoms with E-state index in [9.17, 15) is 0 Å². The number of nitrogens with zero attached hydrogens (tertiary/aromatic N) is 2. The smallest absolute Gasteiger partial charge is 0.130 e. The summed E-state index contributed by atoms with van der Waals surface area (Å²) in [5, 5.41) is 7.02. The predicted octanol–water partition coefficient (Wildman–Crippen LogP) is 2.19. The molecule has 2 aromatic heterocycles. The number of hydrogen-bond acceptors (Lipinski definition) is 4. The van der Waals surface area contributed by atoms with Crippen LogP contribution in [0, 0.1) is 6.92 Å². The fraction of sp³-hybridized carbons (Fsp3) is 0.364. The van der Waals surface area contributed by atoms with E-state index < -0.39 is 0 Å². The number of halogens is 1. The normalized spacial score (nSPS) is 12.9. The molecule has 0 radical (unpaired) electrons. The Hall–Kier alpha value is -0.880. The van der Waals surface area contributed by atoms with Crippen molar-refractivity contribution in [1.82, 2.24) is 15.2 Å². The lowest BCUT2D eigenvalue weighted by atomic mass is 10.1. The Morgan fingerprint density at radius 2 is 2.41 bits per heavy atom. The van der Waals surface area contributed by atoms with Crippen LogP contribution in [-0.4, -0.2) is 9.78 Å². The topological polar surface area (TPSA) is 55.9 Å². The van der Waals surface area contributed by atoms with E-state index >= 15 is 0 Å². The Kier molecular flexibility index (Phi) is 3.83. The van der Waals surface area contributed by atoms with Crippen molar-refractivity contribution in [2.75, 3.05) is 0 Å². The Bertz CT molecular complexity index is 492. The molecule has 0 aliphatic carbocycles. The van der Waals surface area contributed by atoms with E-state index in [0.29, 0.717) is 5.15 Å². The largest absolute Gasteiger partial charge is 0.271 e. The van der Waals surface area contributed by atoms with Gasteiger partial charge in [0, 0.05) is 17.5 Å². The lowest BCUT2D eigenvalue weighted by Crippen LogP contribution is -2.29. The third-order valence-electron chi connectivity index (χ3n) is 2.77. The van der Waals surface area contributed by atoms with Crippen molar-refractivity contribution in [3.8, 4) is 0 Å². The Labute approximate surface area is 109 Å². The average molecular weight is 271 g/mol. The van der Waals surface area contributed by atoms with Gasteiger partial charge in [0.15, 0.2) is 0 Å². The van der Waals surface area contributed by atoms with Crippen LogP contribution in [0.25, 0.3) is 0 Å². The first-order valence-corrected chi connectivity index (χ1v) is 6.56. The van der Waals surface area contributed by atoms with E-state index in [1.54, 1.807) is 16.0 Å². The summed E-state index contributed by atoms with van der Waals surface area (Å²) in [6.07, 6.45) is 0.746. The second-order valence-corrected chi connectivity index (χ2v) is 5.25. The molecule has 0 spiro atoms. The zero-order valence-corrected chi connectivity index (χ0v) is 11.3. The standard InChI is InChI=1S/C11H15ClN4S/c1-7-8(11(12)16(2)15-7)6-9(14-13)10-4-3-5-17-10/h3-5,9,14H,6,13H2,1-2H3. The fourth-order valence-electron chi connectivity index (χ4n) is 1.84. The molecule has 4 nitrogen and oxygen atoms in total. The van der Waals surface area contributed by atoms with E-state index in [1.807, 2.05) is 25.4 Å². The molecular weight excluding hydrogens is 256 g/mol. The number of nitrogens with one attached hydrogen (secondary N) is 1. The van der Waals surface area contributed by atoms with Crippen LogP contribution in [0.4, 0.5) is 0 Å². The maximum absolute atomic E-state index is 6.21.